The molecule has 0 radical (unpaired) electrons. The number of halogens is 1. The van der Waals surface area contributed by atoms with Crippen molar-refractivity contribution in [2.75, 3.05) is 5.88 Å². The Balaban J connectivity index is 1.97. The Kier molecular flexibility index (Phi) is 5.29. The number of benzene rings is 1. The topological polar surface area (TPSA) is 80.4 Å². The van der Waals surface area contributed by atoms with Gasteiger partial charge < -0.3 is 11.1 Å². The molecule has 21 heavy (non-hydrogen) atoms. The maximum absolute atomic E-state index is 12.0. The summed E-state index contributed by atoms with van der Waals surface area (Å²) in [5.74, 6) is 0.359. The highest BCUT2D eigenvalue weighted by Gasteiger charge is 2.05. The maximum Gasteiger partial charge on any atom is 0.251 e. The largest absolute Gasteiger partial charge is 0.386 e. The zero-order valence-corrected chi connectivity index (χ0v) is 12.0. The first-order valence-electron chi connectivity index (χ1n) is 6.35. The number of hydrogen-bond donors (Lipinski definition) is 2. The highest BCUT2D eigenvalue weighted by atomic mass is 35.5. The van der Waals surface area contributed by atoms with Crippen molar-refractivity contribution in [1.29, 1.82) is 0 Å². The second kappa shape index (κ2) is 7.40. The number of hydrogen-bond acceptors (Lipinski definition) is 3. The minimum absolute atomic E-state index is 0.153. The van der Waals surface area contributed by atoms with Gasteiger partial charge in [-0.2, -0.15) is 0 Å². The second-order valence-corrected chi connectivity index (χ2v) is 4.59. The number of nitrogens with two attached hydrogens (primary N) is 1. The van der Waals surface area contributed by atoms with Crippen LogP contribution in [0.3, 0.4) is 0 Å². The number of aromatic nitrogens is 1. The Morgan fingerprint density at radius 1 is 1.29 bits per heavy atom. The number of nitrogens with zero attached hydrogens (tertiary/aromatic N) is 2. The highest BCUT2D eigenvalue weighted by molar-refractivity contribution is 6.28. The zero-order valence-electron chi connectivity index (χ0n) is 11.3. The van der Waals surface area contributed by atoms with Crippen LogP contribution in [0.15, 0.2) is 53.8 Å². The summed E-state index contributed by atoms with van der Waals surface area (Å²) in [4.78, 5) is 20.1. The van der Waals surface area contributed by atoms with Crippen LogP contribution < -0.4 is 11.1 Å². The van der Waals surface area contributed by atoms with Crippen LogP contribution in [0.1, 0.15) is 15.9 Å². The van der Waals surface area contributed by atoms with Gasteiger partial charge in [-0.15, -0.1) is 11.6 Å². The quantitative estimate of drug-likeness (QED) is 0.505. The van der Waals surface area contributed by atoms with Gasteiger partial charge in [-0.3, -0.25) is 9.78 Å². The fourth-order valence-electron chi connectivity index (χ4n) is 1.67. The molecule has 1 amide bonds. The third kappa shape index (κ3) is 4.57. The molecule has 5 nitrogen and oxygen atoms in total. The highest BCUT2D eigenvalue weighted by Crippen LogP contribution is 2.13. The van der Waals surface area contributed by atoms with Gasteiger partial charge in [-0.25, -0.2) is 4.99 Å². The number of aliphatic imine (C=N–C) groups is 1. The molecular weight excluding hydrogens is 288 g/mol. The number of carbonyl (C=O) groups is 1. The van der Waals surface area contributed by atoms with Crippen molar-refractivity contribution in [3.05, 3.63) is 59.9 Å². The first-order chi connectivity index (χ1) is 10.2. The van der Waals surface area contributed by atoms with E-state index in [0.717, 1.165) is 5.56 Å². The van der Waals surface area contributed by atoms with Gasteiger partial charge in [0.25, 0.3) is 5.91 Å². The summed E-state index contributed by atoms with van der Waals surface area (Å²) >= 11 is 5.56. The number of carbonyl (C=O) groups excluding carboxylic acids is 1. The Labute approximate surface area is 127 Å². The summed E-state index contributed by atoms with van der Waals surface area (Å²) < 4.78 is 0. The molecule has 0 aliphatic heterocycles. The van der Waals surface area contributed by atoms with Gasteiger partial charge in [-0.05, 0) is 35.9 Å². The Hall–Kier alpha value is -2.40. The molecule has 2 aromatic rings. The molecule has 0 spiro atoms. The van der Waals surface area contributed by atoms with Crippen LogP contribution in [0.2, 0.25) is 0 Å². The van der Waals surface area contributed by atoms with Crippen molar-refractivity contribution in [2.45, 2.75) is 6.54 Å². The monoisotopic (exact) mass is 302 g/mol. The molecule has 0 saturated carbocycles. The standard InChI is InChI=1S/C15H15ClN4O/c16-8-14(17)20-13-5-3-12(4-6-13)15(21)19-10-11-2-1-7-18-9-11/h1-7,9H,8,10H2,(H2,17,20)(H,19,21). The molecule has 0 unspecified atom stereocenters. The summed E-state index contributed by atoms with van der Waals surface area (Å²) in [5.41, 5.74) is 7.72. The fraction of sp³-hybridized carbons (Fsp3) is 0.133. The number of nitrogens with one attached hydrogen (secondary N) is 1. The van der Waals surface area contributed by atoms with Gasteiger partial charge in [0.2, 0.25) is 0 Å². The Morgan fingerprint density at radius 3 is 2.67 bits per heavy atom. The van der Waals surface area contributed by atoms with E-state index >= 15 is 0 Å². The Morgan fingerprint density at radius 2 is 2.05 bits per heavy atom. The third-order valence-corrected chi connectivity index (χ3v) is 2.99. The van der Waals surface area contributed by atoms with Gasteiger partial charge >= 0.3 is 0 Å². The first kappa shape index (κ1) is 15.0. The number of alkyl halides is 1. The van der Waals surface area contributed by atoms with E-state index in [1.807, 2.05) is 12.1 Å². The van der Waals surface area contributed by atoms with Crippen molar-refractivity contribution in [3.63, 3.8) is 0 Å². The van der Waals surface area contributed by atoms with Crippen molar-refractivity contribution >= 4 is 29.0 Å². The van der Waals surface area contributed by atoms with Crippen molar-refractivity contribution in [1.82, 2.24) is 10.3 Å². The fourth-order valence-corrected chi connectivity index (χ4v) is 1.73. The van der Waals surface area contributed by atoms with Gasteiger partial charge in [0.1, 0.15) is 5.84 Å². The van der Waals surface area contributed by atoms with E-state index in [0.29, 0.717) is 23.6 Å². The molecule has 0 aliphatic rings. The number of amidine groups is 1. The number of rotatable bonds is 5. The van der Waals surface area contributed by atoms with Crippen LogP contribution in [-0.2, 0) is 6.54 Å². The molecular formula is C15H15ClN4O. The number of amides is 1. The van der Waals surface area contributed by atoms with Crippen molar-refractivity contribution in [2.24, 2.45) is 10.7 Å². The van der Waals surface area contributed by atoms with E-state index in [9.17, 15) is 4.79 Å². The molecule has 6 heteroatoms. The SMILES string of the molecule is NC(CCl)=Nc1ccc(C(=O)NCc2cccnc2)cc1. The van der Waals surface area contributed by atoms with Crippen LogP contribution >= 0.6 is 11.6 Å². The van der Waals surface area contributed by atoms with E-state index in [2.05, 4.69) is 15.3 Å². The van der Waals surface area contributed by atoms with E-state index in [1.165, 1.54) is 0 Å². The molecule has 0 aliphatic carbocycles. The van der Waals surface area contributed by atoms with Gasteiger partial charge in [0, 0.05) is 24.5 Å². The lowest BCUT2D eigenvalue weighted by Crippen LogP contribution is -2.22. The number of pyridine rings is 1. The zero-order chi connectivity index (χ0) is 15.1. The van der Waals surface area contributed by atoms with Crippen molar-refractivity contribution < 1.29 is 4.79 Å². The third-order valence-electron chi connectivity index (χ3n) is 2.71. The molecule has 1 aromatic heterocycles. The van der Waals surface area contributed by atoms with Gasteiger partial charge in [-0.1, -0.05) is 6.07 Å². The van der Waals surface area contributed by atoms with Crippen LogP contribution in [0.25, 0.3) is 0 Å². The molecule has 2 rings (SSSR count). The van der Waals surface area contributed by atoms with Crippen LogP contribution in [-0.4, -0.2) is 22.6 Å². The van der Waals surface area contributed by atoms with Crippen LogP contribution in [0.4, 0.5) is 5.69 Å². The van der Waals surface area contributed by atoms with E-state index in [-0.39, 0.29) is 11.8 Å². The predicted octanol–water partition coefficient (Wildman–Crippen LogP) is 2.24. The van der Waals surface area contributed by atoms with Gasteiger partial charge in [0.05, 0.1) is 11.6 Å². The molecule has 0 bridgehead atoms. The molecule has 0 atom stereocenters. The average Bonchev–Trinajstić information content (AvgIpc) is 2.54. The summed E-state index contributed by atoms with van der Waals surface area (Å²) in [7, 11) is 0. The summed E-state index contributed by atoms with van der Waals surface area (Å²) in [6.07, 6.45) is 3.41. The van der Waals surface area contributed by atoms with E-state index in [4.69, 9.17) is 17.3 Å². The molecule has 3 N–H and O–H groups in total. The maximum atomic E-state index is 12.0. The molecule has 0 fully saturated rings. The lowest BCUT2D eigenvalue weighted by Gasteiger charge is -2.05. The second-order valence-electron chi connectivity index (χ2n) is 4.33. The first-order valence-corrected chi connectivity index (χ1v) is 6.88. The van der Waals surface area contributed by atoms with E-state index < -0.39 is 0 Å². The summed E-state index contributed by atoms with van der Waals surface area (Å²) in [6.45, 7) is 0.436. The van der Waals surface area contributed by atoms with Crippen LogP contribution in [0, 0.1) is 0 Å². The summed E-state index contributed by atoms with van der Waals surface area (Å²) in [6, 6.07) is 10.6. The van der Waals surface area contributed by atoms with Gasteiger partial charge in [0.15, 0.2) is 0 Å². The van der Waals surface area contributed by atoms with E-state index in [1.54, 1.807) is 36.7 Å². The Bertz CT molecular complexity index is 626. The minimum atomic E-state index is -0.153. The average molecular weight is 303 g/mol. The molecule has 0 saturated heterocycles. The molecule has 1 aromatic carbocycles. The minimum Gasteiger partial charge on any atom is -0.386 e. The lowest BCUT2D eigenvalue weighted by molar-refractivity contribution is 0.0951. The molecule has 108 valence electrons. The smallest absolute Gasteiger partial charge is 0.251 e. The normalized spacial score (nSPS) is 11.2. The van der Waals surface area contributed by atoms with Crippen LogP contribution in [0.5, 0.6) is 0 Å². The molecule has 1 heterocycles. The predicted molar refractivity (Wildman–Crippen MR) is 83.9 cm³/mol. The lowest BCUT2D eigenvalue weighted by atomic mass is 10.2. The van der Waals surface area contributed by atoms with Crippen molar-refractivity contribution in [3.8, 4) is 0 Å². The summed E-state index contributed by atoms with van der Waals surface area (Å²) in [5, 5.41) is 2.83.